The monoisotopic (exact) mass is 358 g/mol. The fraction of sp³-hybridized carbons (Fsp3) is 0.350. The van der Waals surface area contributed by atoms with E-state index >= 15 is 0 Å². The highest BCUT2D eigenvalue weighted by Crippen LogP contribution is 2.24. The standard InChI is InChI=1S/C18H21ClN4.C2H6/c1-4-13-7-6-8-15(9-13)23-10-14(11-23)20-12(3)18-21-16(5-2)17(19)22-18;1-2/h4,6-9,14,20H,1,3,5,10-11H2,2H3,(H,21,22);1-2H3. The topological polar surface area (TPSA) is 44.0 Å². The average molecular weight is 359 g/mol. The van der Waals surface area contributed by atoms with Gasteiger partial charge in [-0.15, -0.1) is 0 Å². The zero-order valence-corrected chi connectivity index (χ0v) is 16.0. The molecular formula is C20H27ClN4. The van der Waals surface area contributed by atoms with Crippen molar-refractivity contribution in [2.45, 2.75) is 33.2 Å². The number of hydrogen-bond acceptors (Lipinski definition) is 3. The van der Waals surface area contributed by atoms with Crippen LogP contribution < -0.4 is 10.2 Å². The molecule has 1 aromatic carbocycles. The first-order valence-electron chi connectivity index (χ1n) is 8.78. The summed E-state index contributed by atoms with van der Waals surface area (Å²) >= 11 is 6.08. The highest BCUT2D eigenvalue weighted by atomic mass is 35.5. The van der Waals surface area contributed by atoms with Crippen LogP contribution in [-0.2, 0) is 6.42 Å². The molecule has 1 saturated heterocycles. The summed E-state index contributed by atoms with van der Waals surface area (Å²) in [6.45, 7) is 15.8. The number of aromatic nitrogens is 2. The number of hydrogen-bond donors (Lipinski definition) is 2. The zero-order chi connectivity index (χ0) is 18.4. The van der Waals surface area contributed by atoms with Crippen LogP contribution in [0.25, 0.3) is 11.8 Å². The maximum absolute atomic E-state index is 6.08. The third kappa shape index (κ3) is 4.45. The fourth-order valence-corrected chi connectivity index (χ4v) is 2.97. The Morgan fingerprint density at radius 1 is 1.44 bits per heavy atom. The Hall–Kier alpha value is -2.20. The third-order valence-electron chi connectivity index (χ3n) is 4.10. The van der Waals surface area contributed by atoms with Gasteiger partial charge in [0.05, 0.1) is 17.4 Å². The van der Waals surface area contributed by atoms with E-state index in [0.29, 0.717) is 11.2 Å². The van der Waals surface area contributed by atoms with Gasteiger partial charge in [0.1, 0.15) is 0 Å². The number of halogens is 1. The van der Waals surface area contributed by atoms with E-state index < -0.39 is 0 Å². The predicted molar refractivity (Wildman–Crippen MR) is 109 cm³/mol. The molecular weight excluding hydrogens is 332 g/mol. The van der Waals surface area contributed by atoms with Gasteiger partial charge in [0.15, 0.2) is 11.0 Å². The lowest BCUT2D eigenvalue weighted by Crippen LogP contribution is -2.57. The molecule has 25 heavy (non-hydrogen) atoms. The van der Waals surface area contributed by atoms with Crippen molar-refractivity contribution < 1.29 is 0 Å². The Morgan fingerprint density at radius 2 is 2.16 bits per heavy atom. The van der Waals surface area contributed by atoms with Crippen LogP contribution in [0.15, 0.2) is 37.4 Å². The SMILES string of the molecule is C=Cc1cccc(N2CC(NC(=C)c3nc(Cl)c(CC)[nH]3)C2)c1.CC. The van der Waals surface area contributed by atoms with Crippen molar-refractivity contribution in [2.24, 2.45) is 0 Å². The first-order chi connectivity index (χ1) is 12.1. The summed E-state index contributed by atoms with van der Waals surface area (Å²) in [6.07, 6.45) is 2.70. The Bertz CT molecular complexity index is 729. The lowest BCUT2D eigenvalue weighted by molar-refractivity contribution is 0.471. The quantitative estimate of drug-likeness (QED) is 0.783. The van der Waals surface area contributed by atoms with Crippen LogP contribution in [-0.4, -0.2) is 29.1 Å². The molecule has 0 spiro atoms. The summed E-state index contributed by atoms with van der Waals surface area (Å²) in [5, 5.41) is 3.95. The van der Waals surface area contributed by atoms with E-state index in [4.69, 9.17) is 11.6 Å². The fourth-order valence-electron chi connectivity index (χ4n) is 2.71. The van der Waals surface area contributed by atoms with Gasteiger partial charge in [-0.05, 0) is 24.1 Å². The van der Waals surface area contributed by atoms with Gasteiger partial charge < -0.3 is 15.2 Å². The minimum Gasteiger partial charge on any atom is -0.376 e. The van der Waals surface area contributed by atoms with Crippen LogP contribution in [0, 0.1) is 0 Å². The molecule has 0 aliphatic carbocycles. The number of rotatable bonds is 6. The van der Waals surface area contributed by atoms with E-state index in [-0.39, 0.29) is 0 Å². The normalized spacial score (nSPS) is 13.5. The van der Waals surface area contributed by atoms with Crippen LogP contribution in [0.1, 0.15) is 37.9 Å². The van der Waals surface area contributed by atoms with Crippen LogP contribution in [0.3, 0.4) is 0 Å². The van der Waals surface area contributed by atoms with Gasteiger partial charge in [-0.1, -0.05) is 63.7 Å². The van der Waals surface area contributed by atoms with Gasteiger partial charge in [-0.3, -0.25) is 0 Å². The lowest BCUT2D eigenvalue weighted by Gasteiger charge is -2.42. The number of H-pyrrole nitrogens is 1. The van der Waals surface area contributed by atoms with Gasteiger partial charge in [-0.25, -0.2) is 4.98 Å². The smallest absolute Gasteiger partial charge is 0.154 e. The van der Waals surface area contributed by atoms with Crippen LogP contribution in [0.5, 0.6) is 0 Å². The van der Waals surface area contributed by atoms with Crippen LogP contribution >= 0.6 is 11.6 Å². The molecule has 0 bridgehead atoms. The Labute approximate surface area is 155 Å². The molecule has 0 atom stereocenters. The molecule has 0 saturated carbocycles. The zero-order valence-electron chi connectivity index (χ0n) is 15.3. The van der Waals surface area contributed by atoms with E-state index in [1.807, 2.05) is 26.8 Å². The van der Waals surface area contributed by atoms with E-state index in [1.165, 1.54) is 5.69 Å². The minimum absolute atomic E-state index is 0.365. The summed E-state index contributed by atoms with van der Waals surface area (Å²) < 4.78 is 0. The molecule has 0 amide bonds. The second kappa shape index (κ2) is 8.77. The second-order valence-corrected chi connectivity index (χ2v) is 6.09. The van der Waals surface area contributed by atoms with Gasteiger partial charge in [-0.2, -0.15) is 0 Å². The number of aryl methyl sites for hydroxylation is 1. The number of aromatic amines is 1. The summed E-state index contributed by atoms with van der Waals surface area (Å²) in [4.78, 5) is 9.85. The van der Waals surface area contributed by atoms with Gasteiger partial charge >= 0.3 is 0 Å². The van der Waals surface area contributed by atoms with Gasteiger partial charge in [0.25, 0.3) is 0 Å². The maximum Gasteiger partial charge on any atom is 0.154 e. The molecule has 1 aliphatic rings. The van der Waals surface area contributed by atoms with Gasteiger partial charge in [0.2, 0.25) is 0 Å². The summed E-state index contributed by atoms with van der Waals surface area (Å²) in [7, 11) is 0. The summed E-state index contributed by atoms with van der Waals surface area (Å²) in [5.74, 6) is 0.721. The molecule has 3 rings (SSSR count). The molecule has 1 aliphatic heterocycles. The van der Waals surface area contributed by atoms with E-state index in [1.54, 1.807) is 0 Å². The molecule has 2 heterocycles. The maximum atomic E-state index is 6.08. The highest BCUT2D eigenvalue weighted by Gasteiger charge is 2.27. The Morgan fingerprint density at radius 3 is 2.76 bits per heavy atom. The first-order valence-corrected chi connectivity index (χ1v) is 9.16. The van der Waals surface area contributed by atoms with E-state index in [0.717, 1.165) is 42.3 Å². The van der Waals surface area contributed by atoms with Crippen molar-refractivity contribution in [3.63, 3.8) is 0 Å². The second-order valence-electron chi connectivity index (χ2n) is 5.73. The average Bonchev–Trinajstić information content (AvgIpc) is 3.00. The number of nitrogens with one attached hydrogen (secondary N) is 2. The van der Waals surface area contributed by atoms with E-state index in [9.17, 15) is 0 Å². The largest absolute Gasteiger partial charge is 0.376 e. The summed E-state index contributed by atoms with van der Waals surface area (Å²) in [6, 6.07) is 8.75. The molecule has 2 N–H and O–H groups in total. The number of imidazole rings is 1. The Kier molecular flexibility index (Phi) is 6.71. The molecule has 4 nitrogen and oxygen atoms in total. The molecule has 5 heteroatoms. The number of nitrogens with zero attached hydrogens (tertiary/aromatic N) is 2. The minimum atomic E-state index is 0.365. The molecule has 134 valence electrons. The molecule has 1 fully saturated rings. The van der Waals surface area contributed by atoms with Crippen molar-refractivity contribution in [1.82, 2.24) is 15.3 Å². The molecule has 2 aromatic rings. The van der Waals surface area contributed by atoms with Crippen molar-refractivity contribution >= 4 is 29.1 Å². The Balaban J connectivity index is 0.00000109. The first kappa shape index (κ1) is 19.1. The van der Waals surface area contributed by atoms with Crippen molar-refractivity contribution in [3.8, 4) is 0 Å². The predicted octanol–water partition coefficient (Wildman–Crippen LogP) is 4.74. The van der Waals surface area contributed by atoms with Crippen LogP contribution in [0.4, 0.5) is 5.69 Å². The van der Waals surface area contributed by atoms with Crippen molar-refractivity contribution in [2.75, 3.05) is 18.0 Å². The van der Waals surface area contributed by atoms with Crippen LogP contribution in [0.2, 0.25) is 5.15 Å². The van der Waals surface area contributed by atoms with Crippen molar-refractivity contribution in [3.05, 3.63) is 59.7 Å². The van der Waals surface area contributed by atoms with E-state index in [2.05, 4.69) is 57.6 Å². The molecule has 1 aromatic heterocycles. The molecule has 0 unspecified atom stereocenters. The highest BCUT2D eigenvalue weighted by molar-refractivity contribution is 6.30. The lowest BCUT2D eigenvalue weighted by atomic mass is 10.1. The van der Waals surface area contributed by atoms with Crippen molar-refractivity contribution in [1.29, 1.82) is 0 Å². The third-order valence-corrected chi connectivity index (χ3v) is 4.41. The number of benzene rings is 1. The molecule has 0 radical (unpaired) electrons. The summed E-state index contributed by atoms with van der Waals surface area (Å²) in [5.41, 5.74) is 4.10. The van der Waals surface area contributed by atoms with Gasteiger partial charge in [0, 0.05) is 18.8 Å². The number of anilines is 1.